The first-order valence-electron chi connectivity index (χ1n) is 3.78. The lowest BCUT2D eigenvalue weighted by Crippen LogP contribution is -2.02. The Kier molecular flexibility index (Phi) is 2.42. The van der Waals surface area contributed by atoms with Crippen LogP contribution in [0, 0.1) is 0 Å². The molecule has 0 atom stereocenters. The lowest BCUT2D eigenvalue weighted by molar-refractivity contribution is -0.111. The average molecular weight is 148 g/mol. The molecule has 58 valence electrons. The van der Waals surface area contributed by atoms with Gasteiger partial charge in [-0.05, 0) is 25.3 Å². The Morgan fingerprint density at radius 3 is 2.73 bits per heavy atom. The number of hydrogen-bond donors (Lipinski definition) is 0. The Labute approximate surface area is 67.1 Å². The van der Waals surface area contributed by atoms with Crippen LogP contribution in [0.15, 0.2) is 36.0 Å². The minimum atomic E-state index is 0.0703. The van der Waals surface area contributed by atoms with Crippen molar-refractivity contribution < 1.29 is 4.79 Å². The molecule has 0 aliphatic heterocycles. The van der Waals surface area contributed by atoms with Gasteiger partial charge in [0, 0.05) is 5.57 Å². The molecule has 0 unspecified atom stereocenters. The first kappa shape index (κ1) is 7.99. The summed E-state index contributed by atoms with van der Waals surface area (Å²) in [6, 6.07) is 0. The van der Waals surface area contributed by atoms with E-state index in [1.165, 1.54) is 0 Å². The van der Waals surface area contributed by atoms with Crippen molar-refractivity contribution in [2.24, 2.45) is 0 Å². The third kappa shape index (κ3) is 1.90. The monoisotopic (exact) mass is 148 g/mol. The molecule has 0 aromatic heterocycles. The van der Waals surface area contributed by atoms with E-state index in [0.29, 0.717) is 5.57 Å². The SMILES string of the molecule is C=C(C)C(=O)C1=CCCC=C1. The summed E-state index contributed by atoms with van der Waals surface area (Å²) in [5.74, 6) is 0.0703. The van der Waals surface area contributed by atoms with Crippen LogP contribution in [-0.4, -0.2) is 5.78 Å². The molecule has 0 aromatic carbocycles. The normalized spacial score (nSPS) is 15.9. The number of carbonyl (C=O) groups excluding carboxylic acids is 1. The number of carbonyl (C=O) groups is 1. The van der Waals surface area contributed by atoms with Crippen molar-refractivity contribution in [3.05, 3.63) is 36.0 Å². The van der Waals surface area contributed by atoms with Crippen LogP contribution in [0.4, 0.5) is 0 Å². The molecule has 0 aromatic rings. The van der Waals surface area contributed by atoms with E-state index in [9.17, 15) is 4.79 Å². The van der Waals surface area contributed by atoms with E-state index < -0.39 is 0 Å². The molecule has 1 rings (SSSR count). The molecule has 1 nitrogen and oxygen atoms in total. The molecule has 0 N–H and O–H groups in total. The van der Waals surface area contributed by atoms with Gasteiger partial charge in [0.05, 0.1) is 0 Å². The smallest absolute Gasteiger partial charge is 0.187 e. The van der Waals surface area contributed by atoms with Gasteiger partial charge in [-0.1, -0.05) is 24.8 Å². The van der Waals surface area contributed by atoms with Crippen LogP contribution in [0.25, 0.3) is 0 Å². The molecule has 0 radical (unpaired) electrons. The molecule has 1 heteroatoms. The first-order valence-corrected chi connectivity index (χ1v) is 3.78. The standard InChI is InChI=1S/C10H12O/c1-8(2)10(11)9-6-4-3-5-7-9/h4,6-7H,1,3,5H2,2H3. The van der Waals surface area contributed by atoms with Gasteiger partial charge in [0.2, 0.25) is 0 Å². The fraction of sp³-hybridized carbons (Fsp3) is 0.300. The van der Waals surface area contributed by atoms with Gasteiger partial charge in [0.15, 0.2) is 5.78 Å². The second kappa shape index (κ2) is 3.33. The fourth-order valence-electron chi connectivity index (χ4n) is 1.03. The Morgan fingerprint density at radius 2 is 2.27 bits per heavy atom. The van der Waals surface area contributed by atoms with E-state index in [2.05, 4.69) is 6.58 Å². The number of rotatable bonds is 2. The van der Waals surface area contributed by atoms with Crippen molar-refractivity contribution in [2.75, 3.05) is 0 Å². The van der Waals surface area contributed by atoms with Crippen molar-refractivity contribution in [3.8, 4) is 0 Å². The zero-order chi connectivity index (χ0) is 8.27. The fourth-order valence-corrected chi connectivity index (χ4v) is 1.03. The Morgan fingerprint density at radius 1 is 1.55 bits per heavy atom. The summed E-state index contributed by atoms with van der Waals surface area (Å²) in [5.41, 5.74) is 1.41. The largest absolute Gasteiger partial charge is 0.289 e. The van der Waals surface area contributed by atoms with Crippen molar-refractivity contribution in [3.63, 3.8) is 0 Å². The van der Waals surface area contributed by atoms with Crippen LogP contribution in [0.5, 0.6) is 0 Å². The summed E-state index contributed by atoms with van der Waals surface area (Å²) in [6.45, 7) is 5.35. The van der Waals surface area contributed by atoms with Crippen LogP contribution in [-0.2, 0) is 4.79 Å². The maximum absolute atomic E-state index is 11.3. The highest BCUT2D eigenvalue weighted by Gasteiger charge is 2.07. The molecule has 0 saturated carbocycles. The average Bonchev–Trinajstić information content (AvgIpc) is 2.05. The molecule has 1 aliphatic carbocycles. The predicted octanol–water partition coefficient (Wildman–Crippen LogP) is 2.41. The summed E-state index contributed by atoms with van der Waals surface area (Å²) in [4.78, 5) is 11.3. The van der Waals surface area contributed by atoms with Gasteiger partial charge in [-0.3, -0.25) is 4.79 Å². The third-order valence-electron chi connectivity index (χ3n) is 1.64. The molecule has 0 spiro atoms. The van der Waals surface area contributed by atoms with Gasteiger partial charge in [-0.25, -0.2) is 0 Å². The molecule has 0 heterocycles. The molecule has 1 aliphatic rings. The zero-order valence-electron chi connectivity index (χ0n) is 6.76. The van der Waals surface area contributed by atoms with E-state index in [1.54, 1.807) is 6.92 Å². The van der Waals surface area contributed by atoms with Crippen LogP contribution in [0.3, 0.4) is 0 Å². The summed E-state index contributed by atoms with van der Waals surface area (Å²) in [5, 5.41) is 0. The van der Waals surface area contributed by atoms with Gasteiger partial charge in [0.1, 0.15) is 0 Å². The molecular weight excluding hydrogens is 136 g/mol. The number of ketones is 1. The topological polar surface area (TPSA) is 17.1 Å². The summed E-state index contributed by atoms with van der Waals surface area (Å²) in [6.07, 6.45) is 7.89. The predicted molar refractivity (Wildman–Crippen MR) is 46.3 cm³/mol. The highest BCUT2D eigenvalue weighted by atomic mass is 16.1. The number of Topliss-reactive ketones (excluding diaryl/α,β-unsaturated/α-hetero) is 1. The Balaban J connectivity index is 2.75. The maximum Gasteiger partial charge on any atom is 0.187 e. The zero-order valence-corrected chi connectivity index (χ0v) is 6.76. The second-order valence-electron chi connectivity index (χ2n) is 2.75. The van der Waals surface area contributed by atoms with E-state index in [0.717, 1.165) is 18.4 Å². The van der Waals surface area contributed by atoms with Crippen molar-refractivity contribution in [2.45, 2.75) is 19.8 Å². The molecule has 0 fully saturated rings. The minimum absolute atomic E-state index is 0.0703. The quantitative estimate of drug-likeness (QED) is 0.549. The highest BCUT2D eigenvalue weighted by Crippen LogP contribution is 2.13. The molecular formula is C10H12O. The lowest BCUT2D eigenvalue weighted by atomic mass is 10.0. The van der Waals surface area contributed by atoms with E-state index in [-0.39, 0.29) is 5.78 Å². The Bertz CT molecular complexity index is 244. The molecule has 0 saturated heterocycles. The van der Waals surface area contributed by atoms with E-state index >= 15 is 0 Å². The van der Waals surface area contributed by atoms with Crippen LogP contribution in [0.1, 0.15) is 19.8 Å². The Hall–Kier alpha value is -1.11. The molecule has 0 bridgehead atoms. The third-order valence-corrected chi connectivity index (χ3v) is 1.64. The van der Waals surface area contributed by atoms with Gasteiger partial charge in [0.25, 0.3) is 0 Å². The highest BCUT2D eigenvalue weighted by molar-refractivity contribution is 6.09. The number of allylic oxidation sites excluding steroid dienone is 5. The van der Waals surface area contributed by atoms with Gasteiger partial charge in [-0.15, -0.1) is 0 Å². The summed E-state index contributed by atoms with van der Waals surface area (Å²) >= 11 is 0. The van der Waals surface area contributed by atoms with Crippen LogP contribution >= 0.6 is 0 Å². The van der Waals surface area contributed by atoms with Crippen LogP contribution < -0.4 is 0 Å². The van der Waals surface area contributed by atoms with E-state index in [4.69, 9.17) is 0 Å². The lowest BCUT2D eigenvalue weighted by Gasteiger charge is -2.04. The summed E-state index contributed by atoms with van der Waals surface area (Å²) < 4.78 is 0. The number of hydrogen-bond acceptors (Lipinski definition) is 1. The summed E-state index contributed by atoms with van der Waals surface area (Å²) in [7, 11) is 0. The molecule has 0 amide bonds. The van der Waals surface area contributed by atoms with Crippen molar-refractivity contribution in [1.82, 2.24) is 0 Å². The maximum atomic E-state index is 11.3. The van der Waals surface area contributed by atoms with E-state index in [1.807, 2.05) is 18.2 Å². The minimum Gasteiger partial charge on any atom is -0.289 e. The first-order chi connectivity index (χ1) is 5.22. The van der Waals surface area contributed by atoms with Gasteiger partial charge >= 0.3 is 0 Å². The van der Waals surface area contributed by atoms with Gasteiger partial charge in [-0.2, -0.15) is 0 Å². The second-order valence-corrected chi connectivity index (χ2v) is 2.75. The van der Waals surface area contributed by atoms with Crippen molar-refractivity contribution >= 4 is 5.78 Å². The molecule has 11 heavy (non-hydrogen) atoms. The van der Waals surface area contributed by atoms with Crippen molar-refractivity contribution in [1.29, 1.82) is 0 Å². The van der Waals surface area contributed by atoms with Crippen LogP contribution in [0.2, 0.25) is 0 Å². The van der Waals surface area contributed by atoms with Gasteiger partial charge < -0.3 is 0 Å².